The Labute approximate surface area is 137 Å². The van der Waals surface area contributed by atoms with E-state index in [2.05, 4.69) is 15.8 Å². The lowest BCUT2D eigenvalue weighted by Crippen LogP contribution is -2.50. The van der Waals surface area contributed by atoms with Crippen LogP contribution in [0.25, 0.3) is 11.1 Å². The maximum absolute atomic E-state index is 6.39. The second-order valence-corrected chi connectivity index (χ2v) is 5.76. The van der Waals surface area contributed by atoms with E-state index in [0.29, 0.717) is 26.9 Å². The molecular weight excluding hydrogens is 323 g/mol. The summed E-state index contributed by atoms with van der Waals surface area (Å²) in [5.41, 5.74) is 25.7. The van der Waals surface area contributed by atoms with Gasteiger partial charge in [0.25, 0.3) is 0 Å². The number of rotatable bonds is 2. The van der Waals surface area contributed by atoms with Gasteiger partial charge in [-0.15, -0.1) is 0 Å². The van der Waals surface area contributed by atoms with Crippen LogP contribution >= 0.6 is 23.2 Å². The number of benzene rings is 2. The number of nitrogens with zero attached hydrogens (tertiary/aromatic N) is 1. The normalized spacial score (nSPS) is 20.6. The molecule has 0 saturated heterocycles. The molecule has 0 fully saturated rings. The van der Waals surface area contributed by atoms with Crippen molar-refractivity contribution in [2.75, 3.05) is 5.73 Å². The zero-order valence-electron chi connectivity index (χ0n) is 11.4. The van der Waals surface area contributed by atoms with Crippen molar-refractivity contribution in [1.82, 2.24) is 10.9 Å². The maximum Gasteiger partial charge on any atom is 0.209 e. The molecule has 1 atom stereocenters. The molecule has 8 heteroatoms. The van der Waals surface area contributed by atoms with E-state index < -0.39 is 5.79 Å². The minimum absolute atomic E-state index is 0.192. The predicted molar refractivity (Wildman–Crippen MR) is 90.1 cm³/mol. The van der Waals surface area contributed by atoms with E-state index in [4.69, 9.17) is 40.4 Å². The highest BCUT2D eigenvalue weighted by Gasteiger charge is 2.32. The number of halogens is 2. The average Bonchev–Trinajstić information content (AvgIpc) is 2.81. The molecule has 0 amide bonds. The molecule has 2 aromatic carbocycles. The van der Waals surface area contributed by atoms with Crippen molar-refractivity contribution < 1.29 is 0 Å². The average molecular weight is 337 g/mol. The topological polar surface area (TPSA) is 114 Å². The molecule has 2 aromatic rings. The Morgan fingerprint density at radius 1 is 1.00 bits per heavy atom. The largest absolute Gasteiger partial charge is 0.399 e. The lowest BCUT2D eigenvalue weighted by molar-refractivity contribution is 0.375. The van der Waals surface area contributed by atoms with Gasteiger partial charge in [0.2, 0.25) is 11.7 Å². The van der Waals surface area contributed by atoms with Gasteiger partial charge in [-0.2, -0.15) is 5.43 Å². The van der Waals surface area contributed by atoms with Gasteiger partial charge in [-0.05, 0) is 29.8 Å². The zero-order chi connectivity index (χ0) is 15.9. The Bertz CT molecular complexity index is 735. The molecule has 6 nitrogen and oxygen atoms in total. The van der Waals surface area contributed by atoms with Crippen LogP contribution in [0, 0.1) is 0 Å². The molecular formula is C14H14Cl2N6. The first-order chi connectivity index (χ1) is 10.4. The predicted octanol–water partition coefficient (Wildman–Crippen LogP) is 1.73. The monoisotopic (exact) mass is 336 g/mol. The number of nitrogens with two attached hydrogens (primary N) is 3. The van der Waals surface area contributed by atoms with Crippen molar-refractivity contribution in [3.05, 3.63) is 52.0 Å². The SMILES string of the molecule is NC1=NC(N)(c2cc(Cl)c(-c3ccc(N)cc3)c(Cl)c2)NN1. The van der Waals surface area contributed by atoms with Crippen molar-refractivity contribution in [2.45, 2.75) is 5.79 Å². The Balaban J connectivity index is 2.08. The highest BCUT2D eigenvalue weighted by Crippen LogP contribution is 2.38. The third kappa shape index (κ3) is 2.57. The summed E-state index contributed by atoms with van der Waals surface area (Å²) in [6.07, 6.45) is 0. The van der Waals surface area contributed by atoms with Gasteiger partial charge in [0, 0.05) is 16.8 Å². The van der Waals surface area contributed by atoms with E-state index in [1.165, 1.54) is 0 Å². The number of nitrogen functional groups attached to an aromatic ring is 1. The Kier molecular flexibility index (Phi) is 3.62. The van der Waals surface area contributed by atoms with E-state index >= 15 is 0 Å². The molecule has 8 N–H and O–H groups in total. The molecule has 0 radical (unpaired) electrons. The maximum atomic E-state index is 6.39. The minimum Gasteiger partial charge on any atom is -0.399 e. The summed E-state index contributed by atoms with van der Waals surface area (Å²) < 4.78 is 0. The van der Waals surface area contributed by atoms with E-state index in [0.717, 1.165) is 5.56 Å². The van der Waals surface area contributed by atoms with Gasteiger partial charge in [0.1, 0.15) is 0 Å². The Hall–Kier alpha value is -1.99. The number of anilines is 1. The molecule has 22 heavy (non-hydrogen) atoms. The third-order valence-corrected chi connectivity index (χ3v) is 3.96. The Morgan fingerprint density at radius 2 is 1.59 bits per heavy atom. The minimum atomic E-state index is -1.21. The first-order valence-corrected chi connectivity index (χ1v) is 7.17. The van der Waals surface area contributed by atoms with Crippen molar-refractivity contribution >= 4 is 34.8 Å². The van der Waals surface area contributed by atoms with Crippen LogP contribution in [-0.2, 0) is 5.79 Å². The van der Waals surface area contributed by atoms with Crippen molar-refractivity contribution in [2.24, 2.45) is 16.5 Å². The van der Waals surface area contributed by atoms with E-state index in [9.17, 15) is 0 Å². The molecule has 1 aliphatic rings. The van der Waals surface area contributed by atoms with Gasteiger partial charge in [-0.1, -0.05) is 35.3 Å². The van der Waals surface area contributed by atoms with Gasteiger partial charge in [0.15, 0.2) is 0 Å². The number of aliphatic imine (C=N–C) groups is 1. The summed E-state index contributed by atoms with van der Waals surface area (Å²) in [5.74, 6) is -1.02. The van der Waals surface area contributed by atoms with Crippen LogP contribution in [-0.4, -0.2) is 5.96 Å². The van der Waals surface area contributed by atoms with Crippen molar-refractivity contribution in [3.8, 4) is 11.1 Å². The third-order valence-electron chi connectivity index (χ3n) is 3.36. The second-order valence-electron chi connectivity index (χ2n) is 4.95. The van der Waals surface area contributed by atoms with Crippen molar-refractivity contribution in [1.29, 1.82) is 0 Å². The fourth-order valence-electron chi connectivity index (χ4n) is 2.26. The highest BCUT2D eigenvalue weighted by atomic mass is 35.5. The molecule has 1 unspecified atom stereocenters. The smallest absolute Gasteiger partial charge is 0.209 e. The van der Waals surface area contributed by atoms with E-state index in [1.807, 2.05) is 12.1 Å². The fourth-order valence-corrected chi connectivity index (χ4v) is 2.97. The molecule has 3 rings (SSSR count). The molecule has 1 heterocycles. The number of guanidine groups is 1. The van der Waals surface area contributed by atoms with Crippen LogP contribution in [0.15, 0.2) is 41.4 Å². The standard InChI is InChI=1S/C14H14Cl2N6/c15-10-5-8(14(19)20-13(18)21-22-14)6-11(16)12(10)7-1-3-9(17)4-2-7/h1-6,22H,17,19H2,(H3,18,20,21). The highest BCUT2D eigenvalue weighted by molar-refractivity contribution is 6.39. The first kappa shape index (κ1) is 14.9. The molecule has 0 aromatic heterocycles. The van der Waals surface area contributed by atoms with Crippen LogP contribution in [0.3, 0.4) is 0 Å². The van der Waals surface area contributed by atoms with Gasteiger partial charge >= 0.3 is 0 Å². The van der Waals surface area contributed by atoms with Crippen LogP contribution < -0.4 is 28.1 Å². The summed E-state index contributed by atoms with van der Waals surface area (Å²) in [5, 5.41) is 0.916. The quantitative estimate of drug-likeness (QED) is 0.536. The van der Waals surface area contributed by atoms with Crippen LogP contribution in [0.5, 0.6) is 0 Å². The van der Waals surface area contributed by atoms with E-state index in [1.54, 1.807) is 24.3 Å². The van der Waals surface area contributed by atoms with Crippen LogP contribution in [0.4, 0.5) is 5.69 Å². The molecule has 0 bridgehead atoms. The Morgan fingerprint density at radius 3 is 2.09 bits per heavy atom. The number of hydrazine groups is 1. The van der Waals surface area contributed by atoms with Crippen LogP contribution in [0.1, 0.15) is 5.56 Å². The van der Waals surface area contributed by atoms with Gasteiger partial charge in [-0.25, -0.2) is 4.99 Å². The molecule has 1 aliphatic heterocycles. The first-order valence-electron chi connectivity index (χ1n) is 6.42. The number of hydrogen-bond acceptors (Lipinski definition) is 6. The van der Waals surface area contributed by atoms with Crippen molar-refractivity contribution in [3.63, 3.8) is 0 Å². The summed E-state index contributed by atoms with van der Waals surface area (Å²) in [4.78, 5) is 4.10. The zero-order valence-corrected chi connectivity index (χ0v) is 12.9. The molecule has 0 aliphatic carbocycles. The lowest BCUT2D eigenvalue weighted by Gasteiger charge is -2.22. The van der Waals surface area contributed by atoms with Crippen LogP contribution in [0.2, 0.25) is 10.0 Å². The summed E-state index contributed by atoms with van der Waals surface area (Å²) in [6, 6.07) is 10.7. The van der Waals surface area contributed by atoms with E-state index in [-0.39, 0.29) is 5.96 Å². The molecule has 114 valence electrons. The molecule has 0 saturated carbocycles. The number of hydrogen-bond donors (Lipinski definition) is 5. The van der Waals surface area contributed by atoms with Gasteiger partial charge in [0.05, 0.1) is 10.0 Å². The lowest BCUT2D eigenvalue weighted by atomic mass is 10.0. The second kappa shape index (κ2) is 5.33. The summed E-state index contributed by atoms with van der Waals surface area (Å²) >= 11 is 12.8. The summed E-state index contributed by atoms with van der Waals surface area (Å²) in [6.45, 7) is 0. The number of nitrogens with one attached hydrogen (secondary N) is 2. The summed E-state index contributed by atoms with van der Waals surface area (Å²) in [7, 11) is 0. The van der Waals surface area contributed by atoms with Gasteiger partial charge < -0.3 is 11.5 Å². The fraction of sp³-hybridized carbons (Fsp3) is 0.0714. The van der Waals surface area contributed by atoms with Gasteiger partial charge in [-0.3, -0.25) is 11.2 Å². The molecule has 0 spiro atoms.